The first kappa shape index (κ1) is 11.9. The zero-order chi connectivity index (χ0) is 11.1. The highest BCUT2D eigenvalue weighted by Crippen LogP contribution is 2.12. The quantitative estimate of drug-likeness (QED) is 0.707. The van der Waals surface area contributed by atoms with Crippen LogP contribution in [0, 0.1) is 0 Å². The lowest BCUT2D eigenvalue weighted by atomic mass is 10.1. The molecule has 0 radical (unpaired) electrons. The van der Waals surface area contributed by atoms with Gasteiger partial charge in [0.15, 0.2) is 0 Å². The van der Waals surface area contributed by atoms with Gasteiger partial charge >= 0.3 is 0 Å². The van der Waals surface area contributed by atoms with Crippen molar-refractivity contribution in [3.63, 3.8) is 0 Å². The minimum atomic E-state index is -0.213. The van der Waals surface area contributed by atoms with Crippen LogP contribution in [0.25, 0.3) is 0 Å². The largest absolute Gasteiger partial charge is 0.478 e. The Morgan fingerprint density at radius 1 is 1.60 bits per heavy atom. The van der Waals surface area contributed by atoms with Gasteiger partial charge in [0, 0.05) is 18.8 Å². The van der Waals surface area contributed by atoms with Gasteiger partial charge in [0.1, 0.15) is 5.82 Å². The van der Waals surface area contributed by atoms with Gasteiger partial charge in [0.05, 0.1) is 19.1 Å². The Morgan fingerprint density at radius 3 is 3.00 bits per heavy atom. The van der Waals surface area contributed by atoms with E-state index in [1.54, 1.807) is 12.3 Å². The highest BCUT2D eigenvalue weighted by atomic mass is 16.5. The first-order valence-corrected chi connectivity index (χ1v) is 5.08. The van der Waals surface area contributed by atoms with E-state index >= 15 is 0 Å². The van der Waals surface area contributed by atoms with Crippen LogP contribution in [-0.4, -0.2) is 34.8 Å². The second-order valence-electron chi connectivity index (χ2n) is 3.22. The summed E-state index contributed by atoms with van der Waals surface area (Å²) in [5, 5.41) is 9.05. The first-order chi connectivity index (χ1) is 7.31. The Labute approximate surface area is 89.3 Å². The third kappa shape index (κ3) is 3.45. The second-order valence-corrected chi connectivity index (χ2v) is 3.22. The Hall–Kier alpha value is -1.20. The van der Waals surface area contributed by atoms with Crippen molar-refractivity contribution in [2.75, 3.05) is 19.8 Å². The van der Waals surface area contributed by atoms with Crippen LogP contribution in [0.3, 0.4) is 0 Å². The summed E-state index contributed by atoms with van der Waals surface area (Å²) in [5.41, 5.74) is 5.48. The van der Waals surface area contributed by atoms with Gasteiger partial charge in [0.25, 0.3) is 0 Å². The van der Waals surface area contributed by atoms with Gasteiger partial charge in [0.2, 0.25) is 5.88 Å². The van der Waals surface area contributed by atoms with E-state index in [4.69, 9.17) is 15.6 Å². The average molecular weight is 211 g/mol. The second kappa shape index (κ2) is 6.31. The van der Waals surface area contributed by atoms with Crippen molar-refractivity contribution >= 4 is 0 Å². The molecule has 0 aliphatic carbocycles. The van der Waals surface area contributed by atoms with E-state index in [-0.39, 0.29) is 12.5 Å². The number of rotatable bonds is 6. The van der Waals surface area contributed by atoms with Gasteiger partial charge in [-0.1, -0.05) is 6.92 Å². The highest BCUT2D eigenvalue weighted by molar-refractivity contribution is 5.11. The number of hydrogen-bond donors (Lipinski definition) is 2. The molecule has 0 aliphatic rings. The average Bonchev–Trinajstić information content (AvgIpc) is 2.29. The predicted molar refractivity (Wildman–Crippen MR) is 56.7 cm³/mol. The number of aromatic nitrogens is 2. The van der Waals surface area contributed by atoms with Gasteiger partial charge in [-0.15, -0.1) is 0 Å². The van der Waals surface area contributed by atoms with E-state index in [9.17, 15) is 0 Å². The summed E-state index contributed by atoms with van der Waals surface area (Å²) in [6.07, 6.45) is 2.55. The minimum absolute atomic E-state index is 0.0479. The van der Waals surface area contributed by atoms with Gasteiger partial charge in [-0.25, -0.2) is 4.98 Å². The molecule has 1 heterocycles. The molecule has 1 atom stereocenters. The lowest BCUT2D eigenvalue weighted by Crippen LogP contribution is -2.18. The van der Waals surface area contributed by atoms with E-state index in [2.05, 4.69) is 9.97 Å². The molecule has 0 aromatic carbocycles. The lowest BCUT2D eigenvalue weighted by Gasteiger charge is -2.10. The standard InChI is InChI=1S/C10H17N3O2/c1-2-5-15-9-3-4-12-10(13-9)8(6-11)7-14/h3-4,8,14H,2,5-7,11H2,1H3. The van der Waals surface area contributed by atoms with Gasteiger partial charge < -0.3 is 15.6 Å². The maximum atomic E-state index is 9.05. The van der Waals surface area contributed by atoms with Crippen LogP contribution in [0.4, 0.5) is 0 Å². The molecule has 0 amide bonds. The van der Waals surface area contributed by atoms with E-state index in [1.165, 1.54) is 0 Å². The number of ether oxygens (including phenoxy) is 1. The van der Waals surface area contributed by atoms with Crippen molar-refractivity contribution < 1.29 is 9.84 Å². The molecule has 3 N–H and O–H groups in total. The molecule has 84 valence electrons. The van der Waals surface area contributed by atoms with Crippen LogP contribution < -0.4 is 10.5 Å². The third-order valence-corrected chi connectivity index (χ3v) is 1.97. The maximum absolute atomic E-state index is 9.05. The molecule has 0 aliphatic heterocycles. The Morgan fingerprint density at radius 2 is 2.40 bits per heavy atom. The van der Waals surface area contributed by atoms with Crippen LogP contribution in [0.15, 0.2) is 12.3 Å². The summed E-state index contributed by atoms with van der Waals surface area (Å²) in [5.74, 6) is 0.859. The Balaban J connectivity index is 2.72. The molecule has 0 spiro atoms. The first-order valence-electron chi connectivity index (χ1n) is 5.08. The third-order valence-electron chi connectivity index (χ3n) is 1.97. The summed E-state index contributed by atoms with van der Waals surface area (Å²) < 4.78 is 5.36. The molecule has 5 heteroatoms. The smallest absolute Gasteiger partial charge is 0.216 e. The number of aliphatic hydroxyl groups excluding tert-OH is 1. The number of hydrogen-bond acceptors (Lipinski definition) is 5. The predicted octanol–water partition coefficient (Wildman–Crippen LogP) is 0.300. The normalized spacial score (nSPS) is 12.5. The van der Waals surface area contributed by atoms with Gasteiger partial charge in [-0.3, -0.25) is 0 Å². The Bertz CT molecular complexity index is 290. The molecule has 1 aromatic heterocycles. The van der Waals surface area contributed by atoms with E-state index in [0.717, 1.165) is 6.42 Å². The molecule has 0 bridgehead atoms. The van der Waals surface area contributed by atoms with Crippen LogP contribution in [0.5, 0.6) is 5.88 Å². The minimum Gasteiger partial charge on any atom is -0.478 e. The molecular weight excluding hydrogens is 194 g/mol. The molecular formula is C10H17N3O2. The number of aliphatic hydroxyl groups is 1. The Kier molecular flexibility index (Phi) is 5.00. The van der Waals surface area contributed by atoms with Crippen molar-refractivity contribution in [2.45, 2.75) is 19.3 Å². The molecule has 1 aromatic rings. The van der Waals surface area contributed by atoms with Crippen molar-refractivity contribution in [1.29, 1.82) is 0 Å². The zero-order valence-electron chi connectivity index (χ0n) is 8.89. The summed E-state index contributed by atoms with van der Waals surface area (Å²) in [6.45, 7) is 2.93. The van der Waals surface area contributed by atoms with Crippen molar-refractivity contribution in [3.8, 4) is 5.88 Å². The summed E-state index contributed by atoms with van der Waals surface area (Å²) in [6, 6.07) is 1.70. The summed E-state index contributed by atoms with van der Waals surface area (Å²) in [7, 11) is 0. The molecule has 1 unspecified atom stereocenters. The van der Waals surface area contributed by atoms with Gasteiger partial charge in [-0.2, -0.15) is 4.98 Å². The van der Waals surface area contributed by atoms with E-state index in [1.807, 2.05) is 6.92 Å². The van der Waals surface area contributed by atoms with Crippen LogP contribution in [0.2, 0.25) is 0 Å². The van der Waals surface area contributed by atoms with Crippen molar-refractivity contribution in [1.82, 2.24) is 9.97 Å². The van der Waals surface area contributed by atoms with Crippen molar-refractivity contribution in [2.24, 2.45) is 5.73 Å². The monoisotopic (exact) mass is 211 g/mol. The van der Waals surface area contributed by atoms with Crippen molar-refractivity contribution in [3.05, 3.63) is 18.1 Å². The maximum Gasteiger partial charge on any atom is 0.216 e. The van der Waals surface area contributed by atoms with E-state index in [0.29, 0.717) is 24.9 Å². The zero-order valence-corrected chi connectivity index (χ0v) is 8.89. The number of nitrogens with zero attached hydrogens (tertiary/aromatic N) is 2. The number of nitrogens with two attached hydrogens (primary N) is 1. The molecule has 0 fully saturated rings. The summed E-state index contributed by atoms with van der Waals surface area (Å²) in [4.78, 5) is 8.24. The van der Waals surface area contributed by atoms with Crippen LogP contribution in [-0.2, 0) is 0 Å². The lowest BCUT2D eigenvalue weighted by molar-refractivity contribution is 0.260. The summed E-state index contributed by atoms with van der Waals surface area (Å²) >= 11 is 0. The van der Waals surface area contributed by atoms with Crippen LogP contribution in [0.1, 0.15) is 25.1 Å². The molecule has 0 saturated carbocycles. The fourth-order valence-corrected chi connectivity index (χ4v) is 1.10. The molecule has 1 rings (SSSR count). The van der Waals surface area contributed by atoms with E-state index < -0.39 is 0 Å². The topological polar surface area (TPSA) is 81.3 Å². The van der Waals surface area contributed by atoms with Gasteiger partial charge in [-0.05, 0) is 6.42 Å². The molecule has 0 saturated heterocycles. The molecule has 5 nitrogen and oxygen atoms in total. The highest BCUT2D eigenvalue weighted by Gasteiger charge is 2.12. The fraction of sp³-hybridized carbons (Fsp3) is 0.600. The SMILES string of the molecule is CCCOc1ccnc(C(CN)CO)n1. The van der Waals surface area contributed by atoms with Crippen LogP contribution >= 0.6 is 0 Å². The fourth-order valence-electron chi connectivity index (χ4n) is 1.10. The molecule has 15 heavy (non-hydrogen) atoms.